The highest BCUT2D eigenvalue weighted by molar-refractivity contribution is 8.14. The van der Waals surface area contributed by atoms with Gasteiger partial charge in [0.1, 0.15) is 5.75 Å². The summed E-state index contributed by atoms with van der Waals surface area (Å²) in [4.78, 5) is 23.8. The molecule has 0 radical (unpaired) electrons. The molecule has 2 aromatic rings. The van der Waals surface area contributed by atoms with Gasteiger partial charge < -0.3 is 10.1 Å². The van der Waals surface area contributed by atoms with Crippen molar-refractivity contribution in [3.8, 4) is 5.75 Å². The van der Waals surface area contributed by atoms with Crippen molar-refractivity contribution >= 4 is 45.7 Å². The van der Waals surface area contributed by atoms with Crippen molar-refractivity contribution in [1.29, 1.82) is 0 Å². The molecular formula is C19H17N5O3S. The summed E-state index contributed by atoms with van der Waals surface area (Å²) in [5.74, 6) is 0.452. The first kappa shape index (κ1) is 18.1. The van der Waals surface area contributed by atoms with E-state index in [1.807, 2.05) is 37.3 Å². The second-order valence-electron chi connectivity index (χ2n) is 6.17. The molecule has 1 unspecified atom stereocenters. The Morgan fingerprint density at radius 2 is 1.96 bits per heavy atom. The van der Waals surface area contributed by atoms with Crippen LogP contribution in [0.25, 0.3) is 0 Å². The monoisotopic (exact) mass is 395 g/mol. The van der Waals surface area contributed by atoms with Crippen LogP contribution >= 0.6 is 11.8 Å². The van der Waals surface area contributed by atoms with Crippen LogP contribution in [0.4, 0.5) is 16.2 Å². The van der Waals surface area contributed by atoms with E-state index < -0.39 is 0 Å². The highest BCUT2D eigenvalue weighted by Gasteiger charge is 2.29. The first-order chi connectivity index (χ1) is 13.5. The van der Waals surface area contributed by atoms with Crippen LogP contribution in [0.1, 0.15) is 18.1 Å². The molecule has 0 saturated carbocycles. The minimum atomic E-state index is -0.283. The third kappa shape index (κ3) is 3.44. The molecule has 8 nitrogen and oxygen atoms in total. The predicted molar refractivity (Wildman–Crippen MR) is 110 cm³/mol. The van der Waals surface area contributed by atoms with Crippen LogP contribution in [0.5, 0.6) is 5.75 Å². The fourth-order valence-electron chi connectivity index (χ4n) is 2.95. The molecule has 9 heteroatoms. The molecular weight excluding hydrogens is 378 g/mol. The maximum absolute atomic E-state index is 12.4. The van der Waals surface area contributed by atoms with E-state index in [2.05, 4.69) is 26.4 Å². The molecule has 2 aliphatic heterocycles. The molecule has 2 heterocycles. The number of fused-ring (bicyclic) bond motifs is 1. The zero-order chi connectivity index (χ0) is 19.7. The van der Waals surface area contributed by atoms with E-state index in [4.69, 9.17) is 4.74 Å². The summed E-state index contributed by atoms with van der Waals surface area (Å²) >= 11 is 1.17. The predicted octanol–water partition coefficient (Wildman–Crippen LogP) is 3.01. The highest BCUT2D eigenvalue weighted by Crippen LogP contribution is 2.28. The Balaban J connectivity index is 1.63. The number of rotatable bonds is 4. The number of nitrogens with one attached hydrogen (secondary N) is 3. The third-order valence-electron chi connectivity index (χ3n) is 4.36. The summed E-state index contributed by atoms with van der Waals surface area (Å²) in [7, 11) is 1.60. The zero-order valence-corrected chi connectivity index (χ0v) is 16.0. The number of ether oxygens (including phenoxy) is 1. The largest absolute Gasteiger partial charge is 0.497 e. The van der Waals surface area contributed by atoms with E-state index >= 15 is 0 Å². The first-order valence-corrected chi connectivity index (χ1v) is 9.41. The van der Waals surface area contributed by atoms with E-state index in [1.165, 1.54) is 11.8 Å². The molecule has 0 spiro atoms. The molecule has 142 valence electrons. The van der Waals surface area contributed by atoms with Crippen molar-refractivity contribution in [2.75, 3.05) is 17.9 Å². The molecule has 0 saturated heterocycles. The van der Waals surface area contributed by atoms with Crippen LogP contribution < -0.4 is 20.9 Å². The van der Waals surface area contributed by atoms with Gasteiger partial charge in [-0.1, -0.05) is 17.8 Å². The van der Waals surface area contributed by atoms with Crippen LogP contribution in [0.2, 0.25) is 0 Å². The molecule has 28 heavy (non-hydrogen) atoms. The van der Waals surface area contributed by atoms with Gasteiger partial charge in [0.05, 0.1) is 29.4 Å². The average Bonchev–Trinajstić information content (AvgIpc) is 3.01. The van der Waals surface area contributed by atoms with Crippen LogP contribution in [-0.4, -0.2) is 34.9 Å². The maximum atomic E-state index is 12.4. The minimum absolute atomic E-state index is 0.0883. The van der Waals surface area contributed by atoms with E-state index in [0.717, 1.165) is 22.7 Å². The number of thioether (sulfide) groups is 1. The molecule has 2 aromatic carbocycles. The van der Waals surface area contributed by atoms with Gasteiger partial charge in [-0.3, -0.25) is 15.0 Å². The van der Waals surface area contributed by atoms with Gasteiger partial charge in [0.25, 0.3) is 11.1 Å². The van der Waals surface area contributed by atoms with E-state index in [9.17, 15) is 9.59 Å². The Hall–Kier alpha value is -3.33. The van der Waals surface area contributed by atoms with Crippen molar-refractivity contribution in [3.63, 3.8) is 0 Å². The fourth-order valence-corrected chi connectivity index (χ4v) is 3.67. The van der Waals surface area contributed by atoms with E-state index in [1.54, 1.807) is 19.2 Å². The van der Waals surface area contributed by atoms with Crippen molar-refractivity contribution in [2.24, 2.45) is 10.2 Å². The van der Waals surface area contributed by atoms with Crippen LogP contribution in [0.15, 0.2) is 52.7 Å². The van der Waals surface area contributed by atoms with E-state index in [-0.39, 0.29) is 22.1 Å². The molecule has 2 amide bonds. The number of benzene rings is 2. The molecule has 0 bridgehead atoms. The van der Waals surface area contributed by atoms with Gasteiger partial charge in [-0.15, -0.1) is 0 Å². The van der Waals surface area contributed by atoms with Crippen LogP contribution in [0.3, 0.4) is 0 Å². The first-order valence-electron chi connectivity index (χ1n) is 8.53. The topological polar surface area (TPSA) is 104 Å². The van der Waals surface area contributed by atoms with Gasteiger partial charge in [0.2, 0.25) is 0 Å². The van der Waals surface area contributed by atoms with Gasteiger partial charge in [0, 0.05) is 5.56 Å². The van der Waals surface area contributed by atoms with Gasteiger partial charge >= 0.3 is 0 Å². The summed E-state index contributed by atoms with van der Waals surface area (Å²) in [6.45, 7) is 1.92. The quantitative estimate of drug-likeness (QED) is 0.691. The SMILES string of the molecule is COc1ccc(NN=C2C(=O)Nc3ccc(C4=NNC(=O)SC4C)cc32)cc1. The Labute approximate surface area is 165 Å². The summed E-state index contributed by atoms with van der Waals surface area (Å²) in [6.07, 6.45) is 0. The van der Waals surface area contributed by atoms with Gasteiger partial charge in [-0.2, -0.15) is 10.2 Å². The summed E-state index contributed by atoms with van der Waals surface area (Å²) in [6, 6.07) is 12.8. The molecule has 2 aliphatic rings. The normalized spacial score (nSPS) is 19.6. The molecule has 1 atom stereocenters. The standard InChI is InChI=1S/C19H17N5O3S/c1-10-16(22-24-19(26)28-10)11-3-8-15-14(9-11)17(18(25)20-15)23-21-12-4-6-13(27-2)7-5-12/h3-10,21H,1-2H3,(H,24,26)(H,20,23,25). The lowest BCUT2D eigenvalue weighted by Gasteiger charge is -2.18. The Morgan fingerprint density at radius 3 is 2.68 bits per heavy atom. The number of hydrogen-bond donors (Lipinski definition) is 3. The Bertz CT molecular complexity index is 1020. The molecule has 0 aromatic heterocycles. The van der Waals surface area contributed by atoms with Crippen molar-refractivity contribution in [1.82, 2.24) is 5.43 Å². The molecule has 0 fully saturated rings. The van der Waals surface area contributed by atoms with Crippen LogP contribution in [-0.2, 0) is 4.79 Å². The summed E-state index contributed by atoms with van der Waals surface area (Å²) in [5.41, 5.74) is 9.34. The minimum Gasteiger partial charge on any atom is -0.497 e. The number of anilines is 2. The Morgan fingerprint density at radius 1 is 1.18 bits per heavy atom. The second kappa shape index (κ2) is 7.35. The number of hydrazone groups is 2. The summed E-state index contributed by atoms with van der Waals surface area (Å²) < 4.78 is 5.13. The number of carbonyl (C=O) groups excluding carboxylic acids is 2. The van der Waals surface area contributed by atoms with Gasteiger partial charge in [0.15, 0.2) is 5.71 Å². The lowest BCUT2D eigenvalue weighted by molar-refractivity contribution is -0.110. The van der Waals surface area contributed by atoms with E-state index in [0.29, 0.717) is 11.3 Å². The number of nitrogens with zero attached hydrogens (tertiary/aromatic N) is 2. The molecule has 3 N–H and O–H groups in total. The fraction of sp³-hybridized carbons (Fsp3) is 0.158. The number of hydrogen-bond acceptors (Lipinski definition) is 7. The van der Waals surface area contributed by atoms with Crippen molar-refractivity contribution in [2.45, 2.75) is 12.2 Å². The molecule has 4 rings (SSSR count). The van der Waals surface area contributed by atoms with Gasteiger partial charge in [-0.25, -0.2) is 5.43 Å². The second-order valence-corrected chi connectivity index (χ2v) is 7.49. The van der Waals surface area contributed by atoms with Crippen molar-refractivity contribution < 1.29 is 14.3 Å². The third-order valence-corrected chi connectivity index (χ3v) is 5.24. The highest BCUT2D eigenvalue weighted by atomic mass is 32.2. The maximum Gasteiger partial charge on any atom is 0.299 e. The lowest BCUT2D eigenvalue weighted by Crippen LogP contribution is -2.29. The molecule has 0 aliphatic carbocycles. The summed E-state index contributed by atoms with van der Waals surface area (Å²) in [5, 5.41) is 11.0. The number of methoxy groups -OCH3 is 1. The van der Waals surface area contributed by atoms with Gasteiger partial charge in [-0.05, 0) is 48.9 Å². The lowest BCUT2D eigenvalue weighted by atomic mass is 10.0. The zero-order valence-electron chi connectivity index (χ0n) is 15.1. The van der Waals surface area contributed by atoms with Crippen molar-refractivity contribution in [3.05, 3.63) is 53.6 Å². The van der Waals surface area contributed by atoms with Crippen LogP contribution in [0, 0.1) is 0 Å². The number of amides is 2. The Kier molecular flexibility index (Phi) is 4.74. The average molecular weight is 395 g/mol. The number of carbonyl (C=O) groups is 2. The smallest absolute Gasteiger partial charge is 0.299 e.